The third kappa shape index (κ3) is 4.08. The van der Waals surface area contributed by atoms with Crippen molar-refractivity contribution in [2.24, 2.45) is 5.92 Å². The van der Waals surface area contributed by atoms with Crippen LogP contribution in [0.3, 0.4) is 0 Å². The summed E-state index contributed by atoms with van der Waals surface area (Å²) in [6, 6.07) is 7.27. The van der Waals surface area contributed by atoms with Gasteiger partial charge in [0.2, 0.25) is 0 Å². The number of halogens is 1. The molecule has 0 aliphatic heterocycles. The summed E-state index contributed by atoms with van der Waals surface area (Å²) in [6.45, 7) is 5.10. The van der Waals surface area contributed by atoms with Crippen LogP contribution in [0.1, 0.15) is 25.8 Å². The molecular formula is C16H19ClN2O2. The zero-order chi connectivity index (χ0) is 15.4. The molecule has 2 rings (SSSR count). The number of nitrogens with zero attached hydrogens (tertiary/aromatic N) is 2. The lowest BCUT2D eigenvalue weighted by Gasteiger charge is -2.10. The molecule has 5 heteroatoms. The highest BCUT2D eigenvalue weighted by atomic mass is 35.5. The molecular weight excluding hydrogens is 288 g/mol. The van der Waals surface area contributed by atoms with E-state index in [9.17, 15) is 9.59 Å². The summed E-state index contributed by atoms with van der Waals surface area (Å²) in [5, 5.41) is 0.617. The maximum Gasteiger partial charge on any atom is 0.316 e. The van der Waals surface area contributed by atoms with Crippen LogP contribution < -0.4 is 11.1 Å². The van der Waals surface area contributed by atoms with Crippen LogP contribution in [0.5, 0.6) is 0 Å². The van der Waals surface area contributed by atoms with Gasteiger partial charge in [0.05, 0.1) is 6.54 Å². The molecule has 0 spiro atoms. The zero-order valence-electron chi connectivity index (χ0n) is 12.3. The van der Waals surface area contributed by atoms with Crippen LogP contribution in [-0.2, 0) is 13.1 Å². The van der Waals surface area contributed by atoms with Crippen molar-refractivity contribution in [3.63, 3.8) is 0 Å². The molecule has 1 heterocycles. The fourth-order valence-corrected chi connectivity index (χ4v) is 2.28. The first-order valence-corrected chi connectivity index (χ1v) is 7.39. The fraction of sp³-hybridized carbons (Fsp3) is 0.375. The second kappa shape index (κ2) is 6.76. The smallest absolute Gasteiger partial charge is 0.309 e. The number of hydrogen-bond acceptors (Lipinski definition) is 2. The van der Waals surface area contributed by atoms with Crippen molar-refractivity contribution in [3.8, 4) is 0 Å². The van der Waals surface area contributed by atoms with Gasteiger partial charge in [-0.15, -0.1) is 0 Å². The fourth-order valence-electron chi connectivity index (χ4n) is 2.07. The standard InChI is InChI=1S/C16H19ClN2O2/c1-12(2)6-7-18-8-9-19(16(21)15(18)20)11-13-4-3-5-14(17)10-13/h3-5,8-10,12H,6-7,11H2,1-2H3. The average molecular weight is 307 g/mol. The maximum absolute atomic E-state index is 12.1. The highest BCUT2D eigenvalue weighted by molar-refractivity contribution is 6.30. The van der Waals surface area contributed by atoms with Gasteiger partial charge in [-0.3, -0.25) is 9.59 Å². The van der Waals surface area contributed by atoms with E-state index in [4.69, 9.17) is 11.6 Å². The molecule has 0 saturated heterocycles. The third-order valence-corrected chi connectivity index (χ3v) is 3.56. The molecule has 0 unspecified atom stereocenters. The monoisotopic (exact) mass is 306 g/mol. The van der Waals surface area contributed by atoms with E-state index in [1.807, 2.05) is 12.1 Å². The SMILES string of the molecule is CC(C)CCn1ccn(Cc2cccc(Cl)c2)c(=O)c1=O. The molecule has 1 aromatic heterocycles. The highest BCUT2D eigenvalue weighted by Gasteiger charge is 2.06. The van der Waals surface area contributed by atoms with Crippen molar-refractivity contribution < 1.29 is 0 Å². The van der Waals surface area contributed by atoms with E-state index in [1.54, 1.807) is 24.5 Å². The van der Waals surface area contributed by atoms with Crippen LogP contribution in [0.4, 0.5) is 0 Å². The Kier molecular flexibility index (Phi) is 5.02. The number of rotatable bonds is 5. The summed E-state index contributed by atoms with van der Waals surface area (Å²) in [7, 11) is 0. The minimum Gasteiger partial charge on any atom is -0.309 e. The molecule has 0 aliphatic carbocycles. The Morgan fingerprint density at radius 2 is 1.76 bits per heavy atom. The largest absolute Gasteiger partial charge is 0.316 e. The second-order valence-corrected chi connectivity index (χ2v) is 5.98. The van der Waals surface area contributed by atoms with Gasteiger partial charge in [0.1, 0.15) is 0 Å². The summed E-state index contributed by atoms with van der Waals surface area (Å²) >= 11 is 5.92. The molecule has 1 aromatic carbocycles. The lowest BCUT2D eigenvalue weighted by Crippen LogP contribution is -2.40. The first kappa shape index (κ1) is 15.6. The Morgan fingerprint density at radius 3 is 2.43 bits per heavy atom. The first-order chi connectivity index (χ1) is 9.97. The lowest BCUT2D eigenvalue weighted by atomic mass is 10.1. The number of aryl methyl sites for hydroxylation is 1. The third-order valence-electron chi connectivity index (χ3n) is 3.32. The van der Waals surface area contributed by atoms with E-state index in [0.717, 1.165) is 12.0 Å². The number of benzene rings is 1. The van der Waals surface area contributed by atoms with Crippen molar-refractivity contribution in [2.75, 3.05) is 0 Å². The topological polar surface area (TPSA) is 44.0 Å². The van der Waals surface area contributed by atoms with Gasteiger partial charge < -0.3 is 9.13 Å². The number of hydrogen-bond donors (Lipinski definition) is 0. The Hall–Kier alpha value is -1.81. The summed E-state index contributed by atoms with van der Waals surface area (Å²) in [4.78, 5) is 24.2. The van der Waals surface area contributed by atoms with Crippen molar-refractivity contribution in [1.82, 2.24) is 9.13 Å². The minimum atomic E-state index is -0.499. The van der Waals surface area contributed by atoms with Crippen LogP contribution >= 0.6 is 11.6 Å². The molecule has 0 atom stereocenters. The second-order valence-electron chi connectivity index (χ2n) is 5.54. The van der Waals surface area contributed by atoms with Gasteiger partial charge in [0, 0.05) is 24.0 Å². The maximum atomic E-state index is 12.1. The van der Waals surface area contributed by atoms with Crippen molar-refractivity contribution in [1.29, 1.82) is 0 Å². The summed E-state index contributed by atoms with van der Waals surface area (Å²) in [6.07, 6.45) is 4.21. The van der Waals surface area contributed by atoms with Crippen LogP contribution in [-0.4, -0.2) is 9.13 Å². The molecule has 0 radical (unpaired) electrons. The van der Waals surface area contributed by atoms with E-state index in [-0.39, 0.29) is 0 Å². The lowest BCUT2D eigenvalue weighted by molar-refractivity contribution is 0.499. The normalized spacial score (nSPS) is 11.0. The zero-order valence-corrected chi connectivity index (χ0v) is 13.0. The predicted octanol–water partition coefficient (Wildman–Crippen LogP) is 2.76. The van der Waals surface area contributed by atoms with Crippen molar-refractivity contribution in [2.45, 2.75) is 33.4 Å². The summed E-state index contributed by atoms with van der Waals surface area (Å²) in [5.41, 5.74) is -0.0784. The van der Waals surface area contributed by atoms with Gasteiger partial charge in [-0.2, -0.15) is 0 Å². The molecule has 0 saturated carbocycles. The summed E-state index contributed by atoms with van der Waals surface area (Å²) < 4.78 is 2.90. The average Bonchev–Trinajstić information content (AvgIpc) is 2.43. The first-order valence-electron chi connectivity index (χ1n) is 7.01. The van der Waals surface area contributed by atoms with E-state index >= 15 is 0 Å². The minimum absolute atomic E-state index is 0.347. The van der Waals surface area contributed by atoms with Crippen molar-refractivity contribution in [3.05, 3.63) is 68.0 Å². The van der Waals surface area contributed by atoms with Gasteiger partial charge >= 0.3 is 11.1 Å². The predicted molar refractivity (Wildman–Crippen MR) is 85.0 cm³/mol. The van der Waals surface area contributed by atoms with E-state index in [2.05, 4.69) is 13.8 Å². The van der Waals surface area contributed by atoms with Crippen LogP contribution in [0.2, 0.25) is 5.02 Å². The van der Waals surface area contributed by atoms with E-state index in [0.29, 0.717) is 24.0 Å². The van der Waals surface area contributed by atoms with Crippen molar-refractivity contribution >= 4 is 11.6 Å². The van der Waals surface area contributed by atoms with Crippen LogP contribution in [0, 0.1) is 5.92 Å². The Labute approximate surface area is 128 Å². The molecule has 112 valence electrons. The highest BCUT2D eigenvalue weighted by Crippen LogP contribution is 2.11. The van der Waals surface area contributed by atoms with Gasteiger partial charge in [0.25, 0.3) is 0 Å². The van der Waals surface area contributed by atoms with E-state index < -0.39 is 11.1 Å². The van der Waals surface area contributed by atoms with Gasteiger partial charge in [0.15, 0.2) is 0 Å². The van der Waals surface area contributed by atoms with Gasteiger partial charge in [-0.05, 0) is 30.0 Å². The molecule has 0 aliphatic rings. The Balaban J connectivity index is 2.25. The molecule has 0 N–H and O–H groups in total. The number of aromatic nitrogens is 2. The van der Waals surface area contributed by atoms with Gasteiger partial charge in [-0.25, -0.2) is 0 Å². The summed E-state index contributed by atoms with van der Waals surface area (Å²) in [5.74, 6) is 0.491. The molecule has 0 bridgehead atoms. The molecule has 4 nitrogen and oxygen atoms in total. The molecule has 0 fully saturated rings. The Bertz CT molecular complexity index is 732. The van der Waals surface area contributed by atoms with Crippen LogP contribution in [0.15, 0.2) is 46.2 Å². The molecule has 21 heavy (non-hydrogen) atoms. The quantitative estimate of drug-likeness (QED) is 0.797. The van der Waals surface area contributed by atoms with Crippen LogP contribution in [0.25, 0.3) is 0 Å². The molecule has 0 amide bonds. The molecule has 2 aromatic rings. The van der Waals surface area contributed by atoms with Gasteiger partial charge in [-0.1, -0.05) is 37.6 Å². The van der Waals surface area contributed by atoms with E-state index in [1.165, 1.54) is 9.13 Å². The Morgan fingerprint density at radius 1 is 1.10 bits per heavy atom.